The van der Waals surface area contributed by atoms with E-state index in [0.29, 0.717) is 16.7 Å². The Morgan fingerprint density at radius 2 is 1.90 bits per heavy atom. The summed E-state index contributed by atoms with van der Waals surface area (Å²) in [5, 5.41) is 1.04. The van der Waals surface area contributed by atoms with Crippen LogP contribution in [0.15, 0.2) is 48.5 Å². The Labute approximate surface area is 189 Å². The first kappa shape index (κ1) is 21.3. The number of fused-ring (bicyclic) bond motifs is 1. The van der Waals surface area contributed by atoms with Crippen molar-refractivity contribution in [2.45, 2.75) is 32.2 Å². The molecule has 1 aliphatic rings. The molecular formula is C23H22ClN3O3S. The Morgan fingerprint density at radius 1 is 1.13 bits per heavy atom. The molecule has 0 aliphatic heterocycles. The van der Waals surface area contributed by atoms with Crippen LogP contribution in [-0.4, -0.2) is 23.4 Å². The number of anilines is 1. The Balaban J connectivity index is 1.57. The number of aromatic nitrogens is 1. The smallest absolute Gasteiger partial charge is 0.267 e. The number of carbonyl (C=O) groups excluding carboxylic acids is 2. The Hall–Kier alpha value is -2.90. The molecule has 0 radical (unpaired) electrons. The Bertz CT molecular complexity index is 1080. The maximum absolute atomic E-state index is 13.2. The van der Waals surface area contributed by atoms with Crippen LogP contribution in [-0.2, 0) is 24.2 Å². The minimum atomic E-state index is -0.668. The molecule has 0 atom stereocenters. The van der Waals surface area contributed by atoms with E-state index in [1.54, 1.807) is 28.4 Å². The van der Waals surface area contributed by atoms with E-state index in [0.717, 1.165) is 36.9 Å². The van der Waals surface area contributed by atoms with Crippen LogP contribution in [0, 0.1) is 0 Å². The molecule has 0 bridgehead atoms. The summed E-state index contributed by atoms with van der Waals surface area (Å²) < 4.78 is 5.68. The normalized spacial score (nSPS) is 12.8. The van der Waals surface area contributed by atoms with E-state index in [4.69, 9.17) is 27.1 Å². The second kappa shape index (κ2) is 9.49. The van der Waals surface area contributed by atoms with Gasteiger partial charge in [-0.05, 0) is 49.4 Å². The van der Waals surface area contributed by atoms with Crippen molar-refractivity contribution in [1.29, 1.82) is 0 Å². The number of aryl methyl sites for hydroxylation is 2. The summed E-state index contributed by atoms with van der Waals surface area (Å²) in [6.07, 6.45) is 4.22. The molecular weight excluding hydrogens is 434 g/mol. The highest BCUT2D eigenvalue weighted by Crippen LogP contribution is 2.33. The predicted octanol–water partition coefficient (Wildman–Crippen LogP) is 4.39. The van der Waals surface area contributed by atoms with Crippen LogP contribution in [0.5, 0.6) is 5.75 Å². The summed E-state index contributed by atoms with van der Waals surface area (Å²) in [4.78, 5) is 32.6. The number of ether oxygens (including phenoxy) is 1. The van der Waals surface area contributed by atoms with Gasteiger partial charge in [0.25, 0.3) is 11.8 Å². The molecule has 0 spiro atoms. The lowest BCUT2D eigenvalue weighted by Gasteiger charge is -2.20. The molecule has 4 rings (SSSR count). The topological polar surface area (TPSA) is 85.5 Å². The number of thiazole rings is 1. The molecule has 2 amide bonds. The van der Waals surface area contributed by atoms with Crippen molar-refractivity contribution < 1.29 is 14.3 Å². The molecule has 31 heavy (non-hydrogen) atoms. The van der Waals surface area contributed by atoms with Crippen LogP contribution >= 0.6 is 22.9 Å². The molecule has 160 valence electrons. The molecule has 1 heterocycles. The zero-order chi connectivity index (χ0) is 21.8. The van der Waals surface area contributed by atoms with Gasteiger partial charge < -0.3 is 10.5 Å². The van der Waals surface area contributed by atoms with E-state index in [9.17, 15) is 9.59 Å². The van der Waals surface area contributed by atoms with Crippen molar-refractivity contribution in [3.05, 3.63) is 75.3 Å². The summed E-state index contributed by atoms with van der Waals surface area (Å²) >= 11 is 7.52. The molecule has 1 aromatic heterocycles. The summed E-state index contributed by atoms with van der Waals surface area (Å²) in [5.74, 6) is -0.692. The number of benzene rings is 2. The van der Waals surface area contributed by atoms with Gasteiger partial charge in [0.05, 0.1) is 17.8 Å². The van der Waals surface area contributed by atoms with Crippen LogP contribution in [0.2, 0.25) is 5.02 Å². The first-order valence-corrected chi connectivity index (χ1v) is 11.3. The Morgan fingerprint density at radius 3 is 2.65 bits per heavy atom. The Kier molecular flexibility index (Phi) is 6.53. The van der Waals surface area contributed by atoms with Gasteiger partial charge in [0, 0.05) is 9.90 Å². The first-order valence-electron chi connectivity index (χ1n) is 10.1. The number of carbonyl (C=O) groups is 2. The number of hydrogen-bond donors (Lipinski definition) is 1. The highest BCUT2D eigenvalue weighted by Gasteiger charge is 2.24. The van der Waals surface area contributed by atoms with E-state index in [-0.39, 0.29) is 23.8 Å². The number of hydrogen-bond acceptors (Lipinski definition) is 5. The summed E-state index contributed by atoms with van der Waals surface area (Å²) in [5.41, 5.74) is 7.64. The van der Waals surface area contributed by atoms with E-state index in [2.05, 4.69) is 0 Å². The van der Waals surface area contributed by atoms with Gasteiger partial charge in [0.2, 0.25) is 0 Å². The van der Waals surface area contributed by atoms with Crippen molar-refractivity contribution in [3.8, 4) is 5.75 Å². The number of nitrogens with zero attached hydrogens (tertiary/aromatic N) is 2. The fourth-order valence-corrected chi connectivity index (χ4v) is 4.86. The predicted molar refractivity (Wildman–Crippen MR) is 122 cm³/mol. The van der Waals surface area contributed by atoms with E-state index in [1.165, 1.54) is 10.9 Å². The number of nitrogens with two attached hydrogens (primary N) is 1. The van der Waals surface area contributed by atoms with Crippen molar-refractivity contribution in [3.63, 3.8) is 0 Å². The summed E-state index contributed by atoms with van der Waals surface area (Å²) in [6.45, 7) is 0.137. The first-order chi connectivity index (χ1) is 15.0. The minimum Gasteiger partial charge on any atom is -0.483 e. The largest absolute Gasteiger partial charge is 0.483 e. The fourth-order valence-electron chi connectivity index (χ4n) is 3.52. The lowest BCUT2D eigenvalue weighted by Crippen LogP contribution is -2.34. The minimum absolute atomic E-state index is 0.139. The third-order valence-electron chi connectivity index (χ3n) is 5.11. The SMILES string of the molecule is NC(=O)c1cc(Cl)ccc1OCC(=O)N(Cc1ccccc1)c1nc2c(s1)CCCC2. The average Bonchev–Trinajstić information content (AvgIpc) is 3.21. The van der Waals surface area contributed by atoms with Crippen LogP contribution in [0.4, 0.5) is 5.13 Å². The number of amides is 2. The van der Waals surface area contributed by atoms with E-state index in [1.807, 2.05) is 30.3 Å². The zero-order valence-electron chi connectivity index (χ0n) is 16.8. The molecule has 2 aromatic carbocycles. The molecule has 8 heteroatoms. The molecule has 0 unspecified atom stereocenters. The van der Waals surface area contributed by atoms with Crippen molar-refractivity contribution >= 4 is 39.9 Å². The third kappa shape index (κ3) is 5.06. The molecule has 0 fully saturated rings. The molecule has 6 nitrogen and oxygen atoms in total. The van der Waals surface area contributed by atoms with Gasteiger partial charge in [-0.3, -0.25) is 14.5 Å². The maximum atomic E-state index is 13.2. The van der Waals surface area contributed by atoms with Gasteiger partial charge in [-0.1, -0.05) is 41.9 Å². The van der Waals surface area contributed by atoms with E-state index < -0.39 is 5.91 Å². The van der Waals surface area contributed by atoms with Gasteiger partial charge in [-0.2, -0.15) is 0 Å². The summed E-state index contributed by atoms with van der Waals surface area (Å²) in [6, 6.07) is 14.3. The van der Waals surface area contributed by atoms with Crippen molar-refractivity contribution in [1.82, 2.24) is 4.98 Å². The number of rotatable bonds is 7. The average molecular weight is 456 g/mol. The second-order valence-corrected chi connectivity index (χ2v) is 8.83. The molecule has 0 saturated heterocycles. The zero-order valence-corrected chi connectivity index (χ0v) is 18.4. The van der Waals surface area contributed by atoms with Gasteiger partial charge in [-0.25, -0.2) is 4.98 Å². The van der Waals surface area contributed by atoms with Gasteiger partial charge in [0.1, 0.15) is 5.75 Å². The number of primary amides is 1. The second-order valence-electron chi connectivity index (χ2n) is 7.33. The standard InChI is InChI=1S/C23H22ClN3O3S/c24-16-10-11-19(17(12-16)22(25)29)30-14-21(28)27(13-15-6-2-1-3-7-15)23-26-18-8-4-5-9-20(18)31-23/h1-3,6-7,10-12H,4-5,8-9,13-14H2,(H2,25,29). The van der Waals surface area contributed by atoms with Gasteiger partial charge in [-0.15, -0.1) is 11.3 Å². The summed E-state index contributed by atoms with van der Waals surface area (Å²) in [7, 11) is 0. The highest BCUT2D eigenvalue weighted by atomic mass is 35.5. The molecule has 0 saturated carbocycles. The maximum Gasteiger partial charge on any atom is 0.267 e. The fraction of sp³-hybridized carbons (Fsp3) is 0.261. The van der Waals surface area contributed by atoms with Crippen molar-refractivity contribution in [2.75, 3.05) is 11.5 Å². The van der Waals surface area contributed by atoms with Crippen LogP contribution in [0.3, 0.4) is 0 Å². The third-order valence-corrected chi connectivity index (χ3v) is 6.52. The van der Waals surface area contributed by atoms with Crippen LogP contribution in [0.25, 0.3) is 0 Å². The number of halogens is 1. The quantitative estimate of drug-likeness (QED) is 0.572. The van der Waals surface area contributed by atoms with Crippen LogP contribution < -0.4 is 15.4 Å². The van der Waals surface area contributed by atoms with E-state index >= 15 is 0 Å². The monoisotopic (exact) mass is 455 g/mol. The van der Waals surface area contributed by atoms with Gasteiger partial charge in [0.15, 0.2) is 11.7 Å². The molecule has 1 aliphatic carbocycles. The molecule has 2 N–H and O–H groups in total. The lowest BCUT2D eigenvalue weighted by atomic mass is 10.0. The van der Waals surface area contributed by atoms with Crippen molar-refractivity contribution in [2.24, 2.45) is 5.73 Å². The molecule has 3 aromatic rings. The lowest BCUT2D eigenvalue weighted by molar-refractivity contribution is -0.120. The van der Waals surface area contributed by atoms with Crippen LogP contribution in [0.1, 0.15) is 39.3 Å². The highest BCUT2D eigenvalue weighted by molar-refractivity contribution is 7.15. The van der Waals surface area contributed by atoms with Gasteiger partial charge >= 0.3 is 0 Å².